The summed E-state index contributed by atoms with van der Waals surface area (Å²) < 4.78 is 29.4. The van der Waals surface area contributed by atoms with Crippen molar-refractivity contribution < 1.29 is 10.2 Å². The number of H-pyrrole nitrogens is 1. The third kappa shape index (κ3) is 7.87. The van der Waals surface area contributed by atoms with E-state index in [9.17, 15) is 8.78 Å². The minimum atomic E-state index is -0.194. The lowest BCUT2D eigenvalue weighted by atomic mass is 10.2. The zero-order valence-electron chi connectivity index (χ0n) is 19.6. The lowest BCUT2D eigenvalue weighted by Gasteiger charge is -2.05. The van der Waals surface area contributed by atoms with Gasteiger partial charge in [-0.3, -0.25) is 0 Å². The quantitative estimate of drug-likeness (QED) is 0.179. The number of fused-ring (bicyclic) bond motifs is 2. The van der Waals surface area contributed by atoms with Crippen LogP contribution in [0.3, 0.4) is 0 Å². The molecule has 6 rings (SSSR count). The molecule has 37 heavy (non-hydrogen) atoms. The van der Waals surface area contributed by atoms with E-state index in [0.29, 0.717) is 0 Å². The highest BCUT2D eigenvalue weighted by atomic mass is 79.9. The van der Waals surface area contributed by atoms with Crippen LogP contribution in [0.5, 0.6) is 0 Å². The molecule has 7 heteroatoms. The van der Waals surface area contributed by atoms with Crippen LogP contribution in [-0.4, -0.2) is 9.55 Å². The third-order valence-corrected chi connectivity index (χ3v) is 7.22. The molecule has 1 N–H and O–H groups in total. The molecule has 2 aromatic heterocycles. The van der Waals surface area contributed by atoms with Crippen molar-refractivity contribution >= 4 is 69.6 Å². The number of rotatable bonds is 3. The van der Waals surface area contributed by atoms with Gasteiger partial charge in [0.1, 0.15) is 11.6 Å². The van der Waals surface area contributed by atoms with Crippen LogP contribution in [0.25, 0.3) is 21.8 Å². The van der Waals surface area contributed by atoms with Gasteiger partial charge in [0, 0.05) is 56.4 Å². The van der Waals surface area contributed by atoms with E-state index >= 15 is 0 Å². The molecule has 0 saturated carbocycles. The molecule has 0 fully saturated rings. The van der Waals surface area contributed by atoms with Crippen molar-refractivity contribution in [3.8, 4) is 0 Å². The maximum Gasteiger partial charge on any atom is 0.123 e. The Morgan fingerprint density at radius 1 is 0.676 bits per heavy atom. The smallest absolute Gasteiger partial charge is 0.123 e. The van der Waals surface area contributed by atoms with Crippen LogP contribution >= 0.6 is 47.8 Å². The number of aromatic nitrogens is 2. The van der Waals surface area contributed by atoms with Crippen LogP contribution in [0.15, 0.2) is 118 Å². The number of nitrogens with zero attached hydrogens (tertiary/aromatic N) is 1. The van der Waals surface area contributed by atoms with Gasteiger partial charge < -0.3 is 9.55 Å². The summed E-state index contributed by atoms with van der Waals surface area (Å²) in [5.74, 6) is -0.375. The van der Waals surface area contributed by atoms with Gasteiger partial charge in [-0.05, 0) is 83.9 Å². The number of hydrogen-bond acceptors (Lipinski definition) is 0. The first-order valence-corrected chi connectivity index (χ1v) is 14.1. The van der Waals surface area contributed by atoms with Gasteiger partial charge in [-0.15, -0.1) is 0 Å². The highest BCUT2D eigenvalue weighted by Gasteiger charge is 2.02. The number of halogens is 5. The Kier molecular flexibility index (Phi) is 9.72. The predicted molar refractivity (Wildman–Crippen MR) is 162 cm³/mol. The van der Waals surface area contributed by atoms with Gasteiger partial charge in [-0.2, -0.15) is 0 Å². The topological polar surface area (TPSA) is 20.7 Å². The molecule has 190 valence electrons. The fourth-order valence-corrected chi connectivity index (χ4v) is 4.82. The Balaban J connectivity index is 0.000000170. The molecule has 0 aliphatic rings. The van der Waals surface area contributed by atoms with E-state index in [1.807, 2.05) is 30.5 Å². The molecule has 2 heterocycles. The number of alkyl halides is 1. The summed E-state index contributed by atoms with van der Waals surface area (Å²) >= 11 is 10.1. The molecular formula is C30H25Br3F2N2. The van der Waals surface area contributed by atoms with Crippen molar-refractivity contribution in [3.05, 3.63) is 141 Å². The maximum atomic E-state index is 12.9. The van der Waals surface area contributed by atoms with Crippen molar-refractivity contribution in [1.29, 1.82) is 0 Å². The summed E-state index contributed by atoms with van der Waals surface area (Å²) in [6, 6.07) is 29.6. The summed E-state index contributed by atoms with van der Waals surface area (Å²) in [4.78, 5) is 3.13. The minimum absolute atomic E-state index is 0. The van der Waals surface area contributed by atoms with Gasteiger partial charge in [0.25, 0.3) is 0 Å². The van der Waals surface area contributed by atoms with E-state index in [2.05, 4.69) is 99.9 Å². The van der Waals surface area contributed by atoms with Crippen molar-refractivity contribution in [2.24, 2.45) is 0 Å². The van der Waals surface area contributed by atoms with E-state index in [4.69, 9.17) is 0 Å². The molecule has 6 aromatic rings. The molecule has 4 aromatic carbocycles. The molecule has 0 spiro atoms. The summed E-state index contributed by atoms with van der Waals surface area (Å²) in [6.07, 6.45) is 4.00. The van der Waals surface area contributed by atoms with Gasteiger partial charge in [0.15, 0.2) is 0 Å². The Hall–Kier alpha value is -2.74. The number of aromatic amines is 1. The Labute approximate surface area is 241 Å². The molecule has 0 amide bonds. The Morgan fingerprint density at radius 2 is 1.27 bits per heavy atom. The second-order valence-electron chi connectivity index (χ2n) is 8.24. The molecular weight excluding hydrogens is 666 g/mol. The number of benzene rings is 4. The van der Waals surface area contributed by atoms with Crippen LogP contribution < -0.4 is 0 Å². The van der Waals surface area contributed by atoms with E-state index < -0.39 is 0 Å². The van der Waals surface area contributed by atoms with Crippen molar-refractivity contribution in [1.82, 2.24) is 9.55 Å². The number of hydrogen-bond donors (Lipinski definition) is 1. The first-order valence-electron chi connectivity index (χ1n) is 11.4. The van der Waals surface area contributed by atoms with Gasteiger partial charge in [0.2, 0.25) is 0 Å². The average Bonchev–Trinajstić information content (AvgIpc) is 3.53. The van der Waals surface area contributed by atoms with Crippen LogP contribution in [0.1, 0.15) is 12.6 Å². The fourth-order valence-electron chi connectivity index (χ4n) is 3.69. The summed E-state index contributed by atoms with van der Waals surface area (Å²) in [5, 5.41) is 3.23. The van der Waals surface area contributed by atoms with Crippen LogP contribution in [0, 0.1) is 11.6 Å². The standard InChI is InChI=1S/C15H11BrFN.C8H6BrN.C7H6BrF.H2/c16-13-3-6-15-12(9-13)7-8-18(15)10-11-1-4-14(17)5-2-11;9-7-1-2-8-6(5-7)3-4-10-8;8-5-6-1-3-7(9)4-2-6;/h1-9H,10H2;1-5,10H;1-4H,5H2;1H. The van der Waals surface area contributed by atoms with Crippen molar-refractivity contribution in [2.75, 3.05) is 0 Å². The highest BCUT2D eigenvalue weighted by Crippen LogP contribution is 2.22. The summed E-state index contributed by atoms with van der Waals surface area (Å²) in [5.41, 5.74) is 4.55. The normalized spacial score (nSPS) is 10.5. The zero-order valence-corrected chi connectivity index (χ0v) is 24.4. The SMILES string of the molecule is Brc1ccc2[nH]ccc2c1.Fc1ccc(CBr)cc1.Fc1ccc(Cn2ccc3cc(Br)ccc32)cc1.[HH]. The first kappa shape index (κ1) is 27.3. The highest BCUT2D eigenvalue weighted by molar-refractivity contribution is 9.10. The Bertz CT molecular complexity index is 1580. The van der Waals surface area contributed by atoms with Crippen LogP contribution in [-0.2, 0) is 11.9 Å². The lowest BCUT2D eigenvalue weighted by Crippen LogP contribution is -1.97. The largest absolute Gasteiger partial charge is 0.361 e. The molecule has 0 unspecified atom stereocenters. The van der Waals surface area contributed by atoms with E-state index in [1.54, 1.807) is 12.1 Å². The van der Waals surface area contributed by atoms with Gasteiger partial charge in [0.05, 0.1) is 0 Å². The molecule has 0 atom stereocenters. The van der Waals surface area contributed by atoms with Crippen LogP contribution in [0.4, 0.5) is 8.78 Å². The van der Waals surface area contributed by atoms with Gasteiger partial charge in [-0.25, -0.2) is 8.78 Å². The monoisotopic (exact) mass is 688 g/mol. The van der Waals surface area contributed by atoms with Gasteiger partial charge >= 0.3 is 0 Å². The molecule has 0 saturated heterocycles. The zero-order chi connectivity index (χ0) is 26.2. The minimum Gasteiger partial charge on any atom is -0.361 e. The fraction of sp³-hybridized carbons (Fsp3) is 0.0667. The molecule has 0 bridgehead atoms. The van der Waals surface area contributed by atoms with Gasteiger partial charge in [-0.1, -0.05) is 72.1 Å². The molecule has 2 nitrogen and oxygen atoms in total. The number of nitrogens with one attached hydrogen (secondary N) is 1. The Morgan fingerprint density at radius 3 is 1.92 bits per heavy atom. The maximum absolute atomic E-state index is 12.9. The third-order valence-electron chi connectivity index (χ3n) is 5.58. The van der Waals surface area contributed by atoms with Crippen LogP contribution in [0.2, 0.25) is 0 Å². The second-order valence-corrected chi connectivity index (χ2v) is 10.6. The van der Waals surface area contributed by atoms with E-state index in [0.717, 1.165) is 31.9 Å². The van der Waals surface area contributed by atoms with E-state index in [-0.39, 0.29) is 13.1 Å². The second kappa shape index (κ2) is 13.2. The predicted octanol–water partition coefficient (Wildman–Crippen LogP) is 10.5. The average molecular weight is 691 g/mol. The molecule has 0 aliphatic carbocycles. The summed E-state index contributed by atoms with van der Waals surface area (Å²) in [7, 11) is 0. The van der Waals surface area contributed by atoms with Crippen molar-refractivity contribution in [2.45, 2.75) is 11.9 Å². The summed E-state index contributed by atoms with van der Waals surface area (Å²) in [6.45, 7) is 0.755. The van der Waals surface area contributed by atoms with E-state index in [1.165, 1.54) is 46.1 Å². The molecule has 0 radical (unpaired) electrons. The lowest BCUT2D eigenvalue weighted by molar-refractivity contribution is 0.626. The first-order chi connectivity index (χ1) is 17.9. The van der Waals surface area contributed by atoms with Crippen molar-refractivity contribution in [3.63, 3.8) is 0 Å². The molecule has 0 aliphatic heterocycles.